The van der Waals surface area contributed by atoms with Gasteiger partial charge in [-0.15, -0.1) is 0 Å². The molecule has 0 unspecified atom stereocenters. The first kappa shape index (κ1) is 22.0. The van der Waals surface area contributed by atoms with Crippen molar-refractivity contribution in [3.8, 4) is 11.5 Å². The highest BCUT2D eigenvalue weighted by Gasteiger charge is 2.12. The van der Waals surface area contributed by atoms with Crippen LogP contribution in [0.3, 0.4) is 0 Å². The van der Waals surface area contributed by atoms with Gasteiger partial charge in [0.15, 0.2) is 0 Å². The average molecular weight is 346 g/mol. The Bertz CT molecular complexity index is 614. The van der Waals surface area contributed by atoms with Crippen molar-refractivity contribution >= 4 is 11.8 Å². The van der Waals surface area contributed by atoms with Crippen LogP contribution in [0.4, 0.5) is 0 Å². The van der Waals surface area contributed by atoms with E-state index in [0.29, 0.717) is 0 Å². The lowest BCUT2D eigenvalue weighted by molar-refractivity contribution is 0.0918. The molecule has 25 heavy (non-hydrogen) atoms. The normalized spacial score (nSPS) is 8.80. The van der Waals surface area contributed by atoms with Gasteiger partial charge in [-0.3, -0.25) is 9.59 Å². The molecule has 0 spiro atoms. The Labute approximate surface area is 148 Å². The summed E-state index contributed by atoms with van der Waals surface area (Å²) in [4.78, 5) is 23.6. The van der Waals surface area contributed by atoms with Gasteiger partial charge < -0.3 is 20.8 Å². The average Bonchev–Trinajstić information content (AvgIpc) is 2.65. The fourth-order valence-corrected chi connectivity index (χ4v) is 1.73. The molecule has 0 radical (unpaired) electrons. The van der Waals surface area contributed by atoms with Crippen molar-refractivity contribution in [1.29, 1.82) is 0 Å². The summed E-state index contributed by atoms with van der Waals surface area (Å²) in [5.41, 5.74) is 0.239. The van der Waals surface area contributed by atoms with Gasteiger partial charge in [-0.25, -0.2) is 0 Å². The van der Waals surface area contributed by atoms with Gasteiger partial charge in [-0.05, 0) is 24.3 Å². The van der Waals surface area contributed by atoms with E-state index < -0.39 is 11.8 Å². The van der Waals surface area contributed by atoms with Crippen LogP contribution in [-0.4, -0.2) is 28.7 Å². The monoisotopic (exact) mass is 346 g/mol. The molecule has 2 amide bonds. The Morgan fingerprint density at radius 2 is 1.04 bits per heavy atom. The Morgan fingerprint density at radius 1 is 0.720 bits per heavy atom. The Hall–Kier alpha value is -3.02. The van der Waals surface area contributed by atoms with Gasteiger partial charge in [0.05, 0.1) is 17.8 Å². The minimum absolute atomic E-state index is 0.120. The van der Waals surface area contributed by atoms with Crippen molar-refractivity contribution in [3.63, 3.8) is 0 Å². The summed E-state index contributed by atoms with van der Waals surface area (Å²) in [5, 5.41) is 23.9. The molecule has 136 valence electrons. The molecule has 0 aliphatic rings. The standard InChI is InChI=1S/C15H14N2O4.2C2H6/c18-12-7-3-1-5-10(12)14(20)16-9-17-15(21)11-6-2-4-8-13(11)19;2*1-2/h1-8,18-19H,9H2,(H,16,20)(H,17,21);2*1-2H3. The van der Waals surface area contributed by atoms with Crippen LogP contribution in [0.5, 0.6) is 11.5 Å². The molecule has 0 fully saturated rings. The van der Waals surface area contributed by atoms with Crippen molar-refractivity contribution in [1.82, 2.24) is 10.6 Å². The molecule has 2 rings (SSSR count). The van der Waals surface area contributed by atoms with Gasteiger partial charge >= 0.3 is 0 Å². The maximum atomic E-state index is 11.8. The quantitative estimate of drug-likeness (QED) is 0.639. The summed E-state index contributed by atoms with van der Waals surface area (Å²) in [6, 6.07) is 12.2. The van der Waals surface area contributed by atoms with E-state index in [2.05, 4.69) is 10.6 Å². The number of phenols is 2. The second-order valence-electron chi connectivity index (χ2n) is 4.22. The van der Waals surface area contributed by atoms with Crippen molar-refractivity contribution in [3.05, 3.63) is 59.7 Å². The second-order valence-corrected chi connectivity index (χ2v) is 4.22. The number of phenolic OH excluding ortho intramolecular Hbond substituents is 2. The minimum atomic E-state index is -0.509. The Kier molecular flexibility index (Phi) is 10.9. The number of hydrogen-bond donors (Lipinski definition) is 4. The van der Waals surface area contributed by atoms with Crippen LogP contribution < -0.4 is 10.6 Å². The first-order valence-electron chi connectivity index (χ1n) is 8.22. The molecular weight excluding hydrogens is 320 g/mol. The molecule has 6 nitrogen and oxygen atoms in total. The number of aromatic hydroxyl groups is 2. The fourth-order valence-electron chi connectivity index (χ4n) is 1.73. The zero-order valence-corrected chi connectivity index (χ0v) is 15.0. The third-order valence-electron chi connectivity index (χ3n) is 2.80. The van der Waals surface area contributed by atoms with E-state index in [-0.39, 0.29) is 29.3 Å². The molecule has 0 aliphatic heterocycles. The lowest BCUT2D eigenvalue weighted by atomic mass is 10.2. The zero-order chi connectivity index (χ0) is 19.2. The third-order valence-corrected chi connectivity index (χ3v) is 2.80. The number of nitrogens with one attached hydrogen (secondary N) is 2. The van der Waals surface area contributed by atoms with E-state index in [0.717, 1.165) is 0 Å². The molecular formula is C19H26N2O4. The summed E-state index contributed by atoms with van der Waals surface area (Å²) in [6.07, 6.45) is 0. The molecule has 0 heterocycles. The van der Waals surface area contributed by atoms with Crippen molar-refractivity contribution < 1.29 is 19.8 Å². The van der Waals surface area contributed by atoms with E-state index in [1.165, 1.54) is 24.3 Å². The van der Waals surface area contributed by atoms with Crippen molar-refractivity contribution in [2.24, 2.45) is 0 Å². The van der Waals surface area contributed by atoms with E-state index in [1.807, 2.05) is 27.7 Å². The van der Waals surface area contributed by atoms with Crippen LogP contribution in [0.2, 0.25) is 0 Å². The molecule has 6 heteroatoms. The summed E-state index contributed by atoms with van der Waals surface area (Å²) >= 11 is 0. The van der Waals surface area contributed by atoms with Gasteiger partial charge in [-0.2, -0.15) is 0 Å². The largest absolute Gasteiger partial charge is 0.507 e. The molecule has 0 atom stereocenters. The van der Waals surface area contributed by atoms with Gasteiger partial charge in [0.1, 0.15) is 11.5 Å². The number of amides is 2. The first-order valence-corrected chi connectivity index (χ1v) is 8.22. The number of carbonyl (C=O) groups is 2. The minimum Gasteiger partial charge on any atom is -0.507 e. The predicted octanol–water partition coefficient (Wildman–Crippen LogP) is 3.27. The van der Waals surface area contributed by atoms with Gasteiger partial charge in [0.2, 0.25) is 0 Å². The molecule has 0 aliphatic carbocycles. The molecule has 0 saturated heterocycles. The Balaban J connectivity index is 0.00000134. The van der Waals surface area contributed by atoms with Crippen molar-refractivity contribution in [2.75, 3.05) is 6.67 Å². The molecule has 0 aromatic heterocycles. The third kappa shape index (κ3) is 6.95. The molecule has 0 bridgehead atoms. The van der Waals surface area contributed by atoms with Gasteiger partial charge in [-0.1, -0.05) is 52.0 Å². The topological polar surface area (TPSA) is 98.7 Å². The summed E-state index contributed by atoms with van der Waals surface area (Å²) in [5.74, 6) is -1.29. The second kappa shape index (κ2) is 12.4. The van der Waals surface area contributed by atoms with Crippen LogP contribution >= 0.6 is 0 Å². The molecule has 4 N–H and O–H groups in total. The highest BCUT2D eigenvalue weighted by molar-refractivity contribution is 5.98. The van der Waals surface area contributed by atoms with E-state index in [4.69, 9.17) is 0 Å². The summed E-state index contributed by atoms with van der Waals surface area (Å²) in [7, 11) is 0. The zero-order valence-electron chi connectivity index (χ0n) is 15.0. The van der Waals surface area contributed by atoms with Crippen LogP contribution in [-0.2, 0) is 0 Å². The molecule has 2 aromatic carbocycles. The predicted molar refractivity (Wildman–Crippen MR) is 98.7 cm³/mol. The number of para-hydroxylation sites is 2. The fraction of sp³-hybridized carbons (Fsp3) is 0.263. The Morgan fingerprint density at radius 3 is 1.36 bits per heavy atom. The first-order chi connectivity index (χ1) is 12.1. The van der Waals surface area contributed by atoms with E-state index in [1.54, 1.807) is 24.3 Å². The van der Waals surface area contributed by atoms with Crippen LogP contribution in [0.25, 0.3) is 0 Å². The van der Waals surface area contributed by atoms with Crippen molar-refractivity contribution in [2.45, 2.75) is 27.7 Å². The molecule has 0 saturated carbocycles. The highest BCUT2D eigenvalue weighted by atomic mass is 16.3. The summed E-state index contributed by atoms with van der Waals surface area (Å²) < 4.78 is 0. The number of rotatable bonds is 4. The van der Waals surface area contributed by atoms with Gasteiger partial charge in [0.25, 0.3) is 11.8 Å². The van der Waals surface area contributed by atoms with Crippen LogP contribution in [0.15, 0.2) is 48.5 Å². The van der Waals surface area contributed by atoms with Crippen LogP contribution in [0, 0.1) is 0 Å². The highest BCUT2D eigenvalue weighted by Crippen LogP contribution is 2.15. The number of carbonyl (C=O) groups excluding carboxylic acids is 2. The lowest BCUT2D eigenvalue weighted by Gasteiger charge is -2.09. The summed E-state index contributed by atoms with van der Waals surface area (Å²) in [6.45, 7) is 7.88. The smallest absolute Gasteiger partial charge is 0.256 e. The lowest BCUT2D eigenvalue weighted by Crippen LogP contribution is -2.37. The SMILES string of the molecule is CC.CC.O=C(NCNC(=O)c1ccccc1O)c1ccccc1O. The maximum Gasteiger partial charge on any atom is 0.256 e. The number of hydrogen-bond acceptors (Lipinski definition) is 4. The van der Waals surface area contributed by atoms with E-state index >= 15 is 0 Å². The maximum absolute atomic E-state index is 11.8. The van der Waals surface area contributed by atoms with Crippen LogP contribution in [0.1, 0.15) is 48.4 Å². The molecule has 2 aromatic rings. The van der Waals surface area contributed by atoms with E-state index in [9.17, 15) is 19.8 Å². The van der Waals surface area contributed by atoms with Gasteiger partial charge in [0, 0.05) is 0 Å². The number of benzene rings is 2.